The molecule has 0 amide bonds. The predicted molar refractivity (Wildman–Crippen MR) is 130 cm³/mol. The zero-order valence-corrected chi connectivity index (χ0v) is 20.3. The molecule has 0 saturated heterocycles. The van der Waals surface area contributed by atoms with Crippen molar-refractivity contribution in [2.75, 3.05) is 13.7 Å². The van der Waals surface area contributed by atoms with Gasteiger partial charge in [0.05, 0.1) is 5.56 Å². The molecule has 4 aromatic rings. The summed E-state index contributed by atoms with van der Waals surface area (Å²) in [5.41, 5.74) is 1.24. The van der Waals surface area contributed by atoms with E-state index in [9.17, 15) is 26.3 Å². The molecule has 0 unspecified atom stereocenters. The molecule has 0 atom stereocenters. The van der Waals surface area contributed by atoms with E-state index >= 15 is 4.39 Å². The van der Waals surface area contributed by atoms with Crippen molar-refractivity contribution in [2.24, 2.45) is 0 Å². The molecule has 200 valence electrons. The highest BCUT2D eigenvalue weighted by molar-refractivity contribution is 5.88. The lowest BCUT2D eigenvalue weighted by Crippen LogP contribution is -2.18. The van der Waals surface area contributed by atoms with Crippen LogP contribution in [0, 0.1) is 23.3 Å². The number of benzene rings is 4. The van der Waals surface area contributed by atoms with Gasteiger partial charge in [0.1, 0.15) is 17.5 Å². The first-order chi connectivity index (χ1) is 18.1. The molecule has 38 heavy (non-hydrogen) atoms. The van der Waals surface area contributed by atoms with Crippen molar-refractivity contribution < 1.29 is 40.2 Å². The van der Waals surface area contributed by atoms with E-state index in [1.54, 1.807) is 13.2 Å². The number of hydrogen-bond donors (Lipinski definition) is 0. The monoisotopic (exact) mass is 536 g/mol. The van der Waals surface area contributed by atoms with Crippen LogP contribution in [0.1, 0.15) is 23.1 Å². The number of aryl methyl sites for hydroxylation is 3. The van der Waals surface area contributed by atoms with Crippen molar-refractivity contribution in [3.05, 3.63) is 101 Å². The molecule has 0 bridgehead atoms. The number of alkyl halides is 3. The van der Waals surface area contributed by atoms with Crippen LogP contribution in [0.2, 0.25) is 0 Å². The van der Waals surface area contributed by atoms with Crippen LogP contribution in [0.25, 0.3) is 21.9 Å². The van der Waals surface area contributed by atoms with Crippen LogP contribution in [0.15, 0.2) is 60.7 Å². The summed E-state index contributed by atoms with van der Waals surface area (Å²) in [6.45, 7) is 0.475. The molecule has 4 rings (SSSR count). The average molecular weight is 536 g/mol. The van der Waals surface area contributed by atoms with E-state index in [0.29, 0.717) is 41.5 Å². The van der Waals surface area contributed by atoms with Gasteiger partial charge in [0, 0.05) is 19.1 Å². The highest BCUT2D eigenvalue weighted by Crippen LogP contribution is 2.32. The van der Waals surface area contributed by atoms with Crippen LogP contribution in [0.5, 0.6) is 5.75 Å². The van der Waals surface area contributed by atoms with Gasteiger partial charge in [-0.05, 0) is 83.7 Å². The Kier molecular flexibility index (Phi) is 8.26. The predicted octanol–water partition coefficient (Wildman–Crippen LogP) is 8.33. The van der Waals surface area contributed by atoms with Gasteiger partial charge >= 0.3 is 6.36 Å². The Labute approximate surface area is 214 Å². The zero-order chi connectivity index (χ0) is 27.4. The molecule has 0 fully saturated rings. The summed E-state index contributed by atoms with van der Waals surface area (Å²) >= 11 is 0. The van der Waals surface area contributed by atoms with Gasteiger partial charge in [-0.15, -0.1) is 13.2 Å². The van der Waals surface area contributed by atoms with Gasteiger partial charge in [0.25, 0.3) is 0 Å². The summed E-state index contributed by atoms with van der Waals surface area (Å²) in [7, 11) is 1.55. The fourth-order valence-electron chi connectivity index (χ4n) is 4.34. The van der Waals surface area contributed by atoms with E-state index < -0.39 is 35.4 Å². The van der Waals surface area contributed by atoms with Crippen LogP contribution in [0.3, 0.4) is 0 Å². The van der Waals surface area contributed by atoms with Gasteiger partial charge < -0.3 is 9.47 Å². The largest absolute Gasteiger partial charge is 0.573 e. The summed E-state index contributed by atoms with van der Waals surface area (Å²) in [6.07, 6.45) is -3.61. The second-order valence-corrected chi connectivity index (χ2v) is 8.82. The number of fused-ring (bicyclic) bond motifs is 1. The number of halogens is 7. The number of ether oxygens (including phenoxy) is 2. The summed E-state index contributed by atoms with van der Waals surface area (Å²) in [4.78, 5) is 0. The molecule has 0 heterocycles. The Bertz CT molecular complexity index is 1420. The molecule has 0 radical (unpaired) electrons. The lowest BCUT2D eigenvalue weighted by atomic mass is 9.96. The third-order valence-corrected chi connectivity index (χ3v) is 6.14. The third kappa shape index (κ3) is 6.45. The molecule has 0 aliphatic heterocycles. The van der Waals surface area contributed by atoms with Crippen LogP contribution in [-0.4, -0.2) is 20.1 Å². The highest BCUT2D eigenvalue weighted by Gasteiger charge is 2.32. The lowest BCUT2D eigenvalue weighted by Gasteiger charge is -2.12. The summed E-state index contributed by atoms with van der Waals surface area (Å²) in [5.74, 6) is -4.09. The van der Waals surface area contributed by atoms with E-state index in [1.165, 1.54) is 42.5 Å². The minimum Gasteiger partial charge on any atom is -0.403 e. The zero-order valence-electron chi connectivity index (χ0n) is 20.3. The Morgan fingerprint density at radius 1 is 0.711 bits per heavy atom. The molecule has 9 heteroatoms. The maximum atomic E-state index is 15.2. The Balaban J connectivity index is 1.53. The van der Waals surface area contributed by atoms with Crippen molar-refractivity contribution in [3.8, 4) is 16.9 Å². The molecule has 0 aromatic heterocycles. The average Bonchev–Trinajstić information content (AvgIpc) is 2.84. The van der Waals surface area contributed by atoms with Gasteiger partial charge in [-0.25, -0.2) is 17.6 Å². The molecule has 0 N–H and O–H groups in total. The highest BCUT2D eigenvalue weighted by atomic mass is 19.4. The molecule has 0 saturated carbocycles. The maximum Gasteiger partial charge on any atom is 0.573 e. The van der Waals surface area contributed by atoms with E-state index in [4.69, 9.17) is 4.74 Å². The van der Waals surface area contributed by atoms with Crippen LogP contribution in [0.4, 0.5) is 30.7 Å². The molecule has 4 aromatic carbocycles. The molecule has 2 nitrogen and oxygen atoms in total. The van der Waals surface area contributed by atoms with Gasteiger partial charge in [0.15, 0.2) is 11.6 Å². The second kappa shape index (κ2) is 11.4. The SMILES string of the molecule is COCCCc1cc(F)c(-c2ccc3c(F)c(CCc4ccc(OC(F)(F)F)c(F)c4)ccc3c2)c(F)c1. The maximum absolute atomic E-state index is 15.2. The fraction of sp³-hybridized carbons (Fsp3) is 0.241. The van der Waals surface area contributed by atoms with Crippen LogP contribution < -0.4 is 4.74 Å². The smallest absolute Gasteiger partial charge is 0.403 e. The first kappa shape index (κ1) is 27.4. The fourth-order valence-corrected chi connectivity index (χ4v) is 4.34. The minimum atomic E-state index is -5.01. The Morgan fingerprint density at radius 3 is 2.08 bits per heavy atom. The summed E-state index contributed by atoms with van der Waals surface area (Å²) in [5, 5.41) is 0.676. The molecule has 0 spiro atoms. The third-order valence-electron chi connectivity index (χ3n) is 6.14. The van der Waals surface area contributed by atoms with Crippen molar-refractivity contribution in [2.45, 2.75) is 32.0 Å². The first-order valence-electron chi connectivity index (χ1n) is 11.8. The van der Waals surface area contributed by atoms with E-state index in [-0.39, 0.29) is 29.4 Å². The molecular weight excluding hydrogens is 513 g/mol. The second-order valence-electron chi connectivity index (χ2n) is 8.82. The molecule has 0 aliphatic rings. The minimum absolute atomic E-state index is 0.149. The van der Waals surface area contributed by atoms with Crippen LogP contribution >= 0.6 is 0 Å². The van der Waals surface area contributed by atoms with Gasteiger partial charge in [-0.1, -0.05) is 30.3 Å². The van der Waals surface area contributed by atoms with E-state index in [0.717, 1.165) is 12.1 Å². The molecular formula is C29H23F7O2. The molecule has 0 aliphatic carbocycles. The quantitative estimate of drug-likeness (QED) is 0.158. The van der Waals surface area contributed by atoms with E-state index in [1.807, 2.05) is 0 Å². The summed E-state index contributed by atoms with van der Waals surface area (Å²) < 4.78 is 104. The van der Waals surface area contributed by atoms with Gasteiger partial charge in [-0.2, -0.15) is 0 Å². The van der Waals surface area contributed by atoms with Crippen molar-refractivity contribution in [1.29, 1.82) is 0 Å². The Hall–Kier alpha value is -3.59. The number of methoxy groups -OCH3 is 1. The van der Waals surface area contributed by atoms with Gasteiger partial charge in [0.2, 0.25) is 0 Å². The number of hydrogen-bond acceptors (Lipinski definition) is 2. The first-order valence-corrected chi connectivity index (χ1v) is 11.8. The standard InChI is InChI=1S/C29H23F7O2/c1-37-12-2-3-18-14-24(31)27(25(32)15-18)21-9-10-22-20(16-21)8-7-19(28(22)33)6-4-17-5-11-26(23(30)13-17)38-29(34,35)36/h5,7-11,13-16H,2-4,6,12H2,1H3. The topological polar surface area (TPSA) is 18.5 Å². The van der Waals surface area contributed by atoms with Crippen molar-refractivity contribution >= 4 is 10.8 Å². The van der Waals surface area contributed by atoms with Crippen molar-refractivity contribution in [1.82, 2.24) is 0 Å². The number of rotatable bonds is 9. The lowest BCUT2D eigenvalue weighted by molar-refractivity contribution is -0.275. The van der Waals surface area contributed by atoms with Crippen LogP contribution in [-0.2, 0) is 24.0 Å². The Morgan fingerprint density at radius 2 is 1.42 bits per heavy atom. The van der Waals surface area contributed by atoms with E-state index in [2.05, 4.69) is 4.74 Å². The van der Waals surface area contributed by atoms with Crippen molar-refractivity contribution in [3.63, 3.8) is 0 Å². The normalized spacial score (nSPS) is 11.8. The summed E-state index contributed by atoms with van der Waals surface area (Å²) in [6, 6.07) is 13.2. The van der Waals surface area contributed by atoms with Gasteiger partial charge in [-0.3, -0.25) is 0 Å².